The molecule has 1 amide bonds. The predicted octanol–water partition coefficient (Wildman–Crippen LogP) is 0.632. The van der Waals surface area contributed by atoms with E-state index in [1.54, 1.807) is 6.07 Å². The Hall–Kier alpha value is -1.66. The van der Waals surface area contributed by atoms with Crippen LogP contribution in [0.15, 0.2) is 18.2 Å². The third kappa shape index (κ3) is 4.18. The molecule has 0 unspecified atom stereocenters. The maximum atomic E-state index is 13.7. The van der Waals surface area contributed by atoms with Crippen molar-refractivity contribution in [2.45, 2.75) is 6.42 Å². The van der Waals surface area contributed by atoms with Gasteiger partial charge in [-0.25, -0.2) is 4.39 Å². The number of nitrogens with one attached hydrogen (secondary N) is 2. The highest BCUT2D eigenvalue weighted by atomic mass is 19.1. The zero-order valence-corrected chi connectivity index (χ0v) is 11.5. The van der Waals surface area contributed by atoms with Gasteiger partial charge in [-0.05, 0) is 31.2 Å². The van der Waals surface area contributed by atoms with Crippen molar-refractivity contribution in [3.8, 4) is 0 Å². The number of rotatable bonds is 6. The standard InChI is InChI=1S/C14H21FN4O/c15-12-10-11(14(16)20)2-3-13(12)18-4-1-7-19-8-5-17-6-9-19/h2-3,10,17-18H,1,4-9H2,(H2,16,20). The molecular weight excluding hydrogens is 259 g/mol. The van der Waals surface area contributed by atoms with Crippen molar-refractivity contribution in [2.24, 2.45) is 5.73 Å². The molecule has 1 saturated heterocycles. The summed E-state index contributed by atoms with van der Waals surface area (Å²) in [4.78, 5) is 13.3. The fourth-order valence-corrected chi connectivity index (χ4v) is 2.27. The van der Waals surface area contributed by atoms with Crippen LogP contribution in [0.5, 0.6) is 0 Å². The van der Waals surface area contributed by atoms with Crippen molar-refractivity contribution in [1.29, 1.82) is 0 Å². The van der Waals surface area contributed by atoms with Gasteiger partial charge in [-0.15, -0.1) is 0 Å². The first-order chi connectivity index (χ1) is 9.66. The number of carbonyl (C=O) groups excluding carboxylic acids is 1. The summed E-state index contributed by atoms with van der Waals surface area (Å²) in [6, 6.07) is 4.26. The van der Waals surface area contributed by atoms with Gasteiger partial charge in [0, 0.05) is 38.3 Å². The van der Waals surface area contributed by atoms with Crippen LogP contribution < -0.4 is 16.4 Å². The molecule has 6 heteroatoms. The first kappa shape index (κ1) is 14.7. The first-order valence-corrected chi connectivity index (χ1v) is 6.93. The molecule has 1 aromatic rings. The van der Waals surface area contributed by atoms with Crippen LogP contribution in [0.4, 0.5) is 10.1 Å². The highest BCUT2D eigenvalue weighted by Gasteiger charge is 2.09. The molecule has 4 N–H and O–H groups in total. The largest absolute Gasteiger partial charge is 0.383 e. The fraction of sp³-hybridized carbons (Fsp3) is 0.500. The minimum atomic E-state index is -0.617. The maximum absolute atomic E-state index is 13.7. The topological polar surface area (TPSA) is 70.4 Å². The van der Waals surface area contributed by atoms with Crippen LogP contribution in [0.2, 0.25) is 0 Å². The normalized spacial score (nSPS) is 16.1. The van der Waals surface area contributed by atoms with Gasteiger partial charge in [-0.2, -0.15) is 0 Å². The molecule has 2 rings (SSSR count). The average molecular weight is 280 g/mol. The molecule has 0 saturated carbocycles. The summed E-state index contributed by atoms with van der Waals surface area (Å²) in [5.41, 5.74) is 5.70. The van der Waals surface area contributed by atoms with Crippen molar-refractivity contribution < 1.29 is 9.18 Å². The summed E-state index contributed by atoms with van der Waals surface area (Å²) in [5.74, 6) is -1.06. The Morgan fingerprint density at radius 1 is 1.40 bits per heavy atom. The van der Waals surface area contributed by atoms with Crippen LogP contribution in [0.3, 0.4) is 0 Å². The Labute approximate surface area is 118 Å². The molecule has 0 spiro atoms. The molecule has 1 aliphatic heterocycles. The van der Waals surface area contributed by atoms with Crippen LogP contribution in [0.1, 0.15) is 16.8 Å². The summed E-state index contributed by atoms with van der Waals surface area (Å²) in [6.07, 6.45) is 0.955. The number of carbonyl (C=O) groups is 1. The van der Waals surface area contributed by atoms with Gasteiger partial charge in [0.1, 0.15) is 5.82 Å². The van der Waals surface area contributed by atoms with Crippen LogP contribution in [-0.4, -0.2) is 50.1 Å². The summed E-state index contributed by atoms with van der Waals surface area (Å²) in [5, 5.41) is 6.36. The molecule has 0 radical (unpaired) electrons. The third-order valence-electron chi connectivity index (χ3n) is 3.43. The number of nitrogens with two attached hydrogens (primary N) is 1. The molecule has 1 heterocycles. The molecular formula is C14H21FN4O. The number of hydrogen-bond acceptors (Lipinski definition) is 4. The Balaban J connectivity index is 1.74. The van der Waals surface area contributed by atoms with Gasteiger partial charge < -0.3 is 21.3 Å². The van der Waals surface area contributed by atoms with Crippen molar-refractivity contribution in [1.82, 2.24) is 10.2 Å². The first-order valence-electron chi connectivity index (χ1n) is 6.93. The van der Waals surface area contributed by atoms with E-state index in [4.69, 9.17) is 5.73 Å². The summed E-state index contributed by atoms with van der Waals surface area (Å²) >= 11 is 0. The fourth-order valence-electron chi connectivity index (χ4n) is 2.27. The van der Waals surface area contributed by atoms with Gasteiger partial charge in [0.05, 0.1) is 5.69 Å². The average Bonchev–Trinajstić information content (AvgIpc) is 2.46. The van der Waals surface area contributed by atoms with Gasteiger partial charge in [-0.3, -0.25) is 4.79 Å². The van der Waals surface area contributed by atoms with Crippen LogP contribution in [0, 0.1) is 5.82 Å². The quantitative estimate of drug-likeness (QED) is 0.669. The molecule has 0 aromatic heterocycles. The molecule has 1 aliphatic rings. The van der Waals surface area contributed by atoms with E-state index < -0.39 is 11.7 Å². The Bertz CT molecular complexity index is 460. The second kappa shape index (κ2) is 7.21. The Kier molecular flexibility index (Phi) is 5.31. The van der Waals surface area contributed by atoms with Crippen molar-refractivity contribution >= 4 is 11.6 Å². The molecule has 0 aliphatic carbocycles. The number of hydrogen-bond donors (Lipinski definition) is 3. The van der Waals surface area contributed by atoms with Gasteiger partial charge in [0.15, 0.2) is 0 Å². The number of halogens is 1. The molecule has 20 heavy (non-hydrogen) atoms. The van der Waals surface area contributed by atoms with Crippen LogP contribution >= 0.6 is 0 Å². The van der Waals surface area contributed by atoms with Gasteiger partial charge in [0.2, 0.25) is 5.91 Å². The zero-order valence-electron chi connectivity index (χ0n) is 11.5. The highest BCUT2D eigenvalue weighted by Crippen LogP contribution is 2.15. The smallest absolute Gasteiger partial charge is 0.248 e. The van der Waals surface area contributed by atoms with Crippen LogP contribution in [0.25, 0.3) is 0 Å². The molecule has 0 bridgehead atoms. The van der Waals surface area contributed by atoms with E-state index in [0.29, 0.717) is 12.2 Å². The third-order valence-corrected chi connectivity index (χ3v) is 3.43. The highest BCUT2D eigenvalue weighted by molar-refractivity contribution is 5.93. The van der Waals surface area contributed by atoms with Crippen molar-refractivity contribution in [3.05, 3.63) is 29.6 Å². The second-order valence-corrected chi connectivity index (χ2v) is 4.93. The van der Waals surface area contributed by atoms with Crippen molar-refractivity contribution in [3.63, 3.8) is 0 Å². The molecule has 110 valence electrons. The number of benzene rings is 1. The number of piperazine rings is 1. The van der Waals surface area contributed by atoms with E-state index in [0.717, 1.165) is 39.1 Å². The lowest BCUT2D eigenvalue weighted by molar-refractivity contribution is 0.1000. The molecule has 1 aromatic carbocycles. The lowest BCUT2D eigenvalue weighted by atomic mass is 10.2. The van der Waals surface area contributed by atoms with Crippen LogP contribution in [-0.2, 0) is 0 Å². The van der Waals surface area contributed by atoms with E-state index >= 15 is 0 Å². The van der Waals surface area contributed by atoms with E-state index in [-0.39, 0.29) is 5.56 Å². The molecule has 0 atom stereocenters. The second-order valence-electron chi connectivity index (χ2n) is 4.93. The number of anilines is 1. The van der Waals surface area contributed by atoms with E-state index in [1.807, 2.05) is 0 Å². The van der Waals surface area contributed by atoms with Crippen molar-refractivity contribution in [2.75, 3.05) is 44.6 Å². The molecule has 1 fully saturated rings. The van der Waals surface area contributed by atoms with Gasteiger partial charge >= 0.3 is 0 Å². The lowest BCUT2D eigenvalue weighted by Gasteiger charge is -2.27. The minimum Gasteiger partial charge on any atom is -0.383 e. The minimum absolute atomic E-state index is 0.189. The predicted molar refractivity (Wildman–Crippen MR) is 77.3 cm³/mol. The molecule has 5 nitrogen and oxygen atoms in total. The van der Waals surface area contributed by atoms with E-state index in [2.05, 4.69) is 15.5 Å². The monoisotopic (exact) mass is 280 g/mol. The summed E-state index contributed by atoms with van der Waals surface area (Å²) < 4.78 is 13.7. The Morgan fingerprint density at radius 2 is 2.15 bits per heavy atom. The number of amides is 1. The maximum Gasteiger partial charge on any atom is 0.248 e. The van der Waals surface area contributed by atoms with E-state index in [9.17, 15) is 9.18 Å². The lowest BCUT2D eigenvalue weighted by Crippen LogP contribution is -2.44. The Morgan fingerprint density at radius 3 is 2.80 bits per heavy atom. The van der Waals surface area contributed by atoms with Gasteiger partial charge in [-0.1, -0.05) is 0 Å². The number of primary amides is 1. The number of nitrogens with zero attached hydrogens (tertiary/aromatic N) is 1. The summed E-state index contributed by atoms with van der Waals surface area (Å²) in [6.45, 7) is 5.93. The summed E-state index contributed by atoms with van der Waals surface area (Å²) in [7, 11) is 0. The SMILES string of the molecule is NC(=O)c1ccc(NCCCN2CCNCC2)c(F)c1. The van der Waals surface area contributed by atoms with E-state index in [1.165, 1.54) is 12.1 Å². The zero-order chi connectivity index (χ0) is 14.4. The van der Waals surface area contributed by atoms with Gasteiger partial charge in [0.25, 0.3) is 0 Å².